The molecular weight excluding hydrogens is 376 g/mol. The van der Waals surface area contributed by atoms with E-state index in [0.29, 0.717) is 22.7 Å². The molecule has 0 spiro atoms. The van der Waals surface area contributed by atoms with E-state index in [4.69, 9.17) is 5.73 Å². The molecule has 1 aliphatic heterocycles. The smallest absolute Gasteiger partial charge is 0.316 e. The van der Waals surface area contributed by atoms with Gasteiger partial charge in [0.2, 0.25) is 5.91 Å². The third-order valence-electron chi connectivity index (χ3n) is 4.35. The van der Waals surface area contributed by atoms with Crippen LogP contribution in [0.15, 0.2) is 53.4 Å². The van der Waals surface area contributed by atoms with Crippen LogP contribution in [0.1, 0.15) is 23.2 Å². The number of amides is 4. The number of likely N-dealkylation sites (tertiary alicyclic amines) is 1. The first-order valence-corrected chi connectivity index (χ1v) is 9.99. The minimum atomic E-state index is -0.647. The van der Waals surface area contributed by atoms with Gasteiger partial charge in [0, 0.05) is 29.4 Å². The number of hydrogen-bond acceptors (Lipinski definition) is 4. The minimum Gasteiger partial charge on any atom is -0.351 e. The molecule has 1 aliphatic rings. The minimum absolute atomic E-state index is 0.107. The molecule has 1 fully saturated rings. The first-order chi connectivity index (χ1) is 13.5. The topological polar surface area (TPSA) is 105 Å². The molecular formula is C20H22N4O3S. The Hall–Kier alpha value is -3.00. The van der Waals surface area contributed by atoms with Crippen LogP contribution in [-0.4, -0.2) is 41.6 Å². The lowest BCUT2D eigenvalue weighted by Gasteiger charge is -2.15. The quantitative estimate of drug-likeness (QED) is 0.650. The van der Waals surface area contributed by atoms with E-state index in [9.17, 15) is 14.4 Å². The van der Waals surface area contributed by atoms with Crippen LogP contribution in [0.25, 0.3) is 0 Å². The van der Waals surface area contributed by atoms with Crippen LogP contribution < -0.4 is 16.4 Å². The molecule has 2 aromatic carbocycles. The zero-order valence-corrected chi connectivity index (χ0v) is 16.1. The fraction of sp³-hybridized carbons (Fsp3) is 0.250. The van der Waals surface area contributed by atoms with Crippen molar-refractivity contribution in [2.24, 2.45) is 5.73 Å². The van der Waals surface area contributed by atoms with E-state index in [1.165, 1.54) is 11.8 Å². The summed E-state index contributed by atoms with van der Waals surface area (Å²) < 4.78 is 0. The molecule has 1 saturated heterocycles. The van der Waals surface area contributed by atoms with Gasteiger partial charge < -0.3 is 21.3 Å². The summed E-state index contributed by atoms with van der Waals surface area (Å²) in [5, 5.41) is 5.29. The Morgan fingerprint density at radius 1 is 0.929 bits per heavy atom. The van der Waals surface area contributed by atoms with Crippen molar-refractivity contribution >= 4 is 41.0 Å². The maximum absolute atomic E-state index is 12.7. The fourth-order valence-electron chi connectivity index (χ4n) is 2.95. The molecule has 0 bridgehead atoms. The molecule has 28 heavy (non-hydrogen) atoms. The SMILES string of the molecule is NC(=O)Nc1ccc(NC(=O)c2ccccc2SCC(=O)N2CCCC2)cc1. The maximum Gasteiger partial charge on any atom is 0.316 e. The number of hydrogen-bond donors (Lipinski definition) is 3. The van der Waals surface area contributed by atoms with Crippen LogP contribution in [0.2, 0.25) is 0 Å². The van der Waals surface area contributed by atoms with Gasteiger partial charge in [0.1, 0.15) is 0 Å². The Bertz CT molecular complexity index is 864. The van der Waals surface area contributed by atoms with Crippen LogP contribution in [0.5, 0.6) is 0 Å². The first-order valence-electron chi connectivity index (χ1n) is 9.00. The molecule has 0 saturated carbocycles. The summed E-state index contributed by atoms with van der Waals surface area (Å²) in [5.74, 6) is 0.167. The van der Waals surface area contributed by atoms with E-state index in [1.54, 1.807) is 36.4 Å². The van der Waals surface area contributed by atoms with E-state index >= 15 is 0 Å². The van der Waals surface area contributed by atoms with Gasteiger partial charge >= 0.3 is 6.03 Å². The monoisotopic (exact) mass is 398 g/mol. The average Bonchev–Trinajstić information content (AvgIpc) is 3.22. The standard InChI is InChI=1S/C20H22N4O3S/c21-20(27)23-15-9-7-14(8-10-15)22-19(26)16-5-1-2-6-17(16)28-13-18(25)24-11-3-4-12-24/h1-2,5-10H,3-4,11-13H2,(H,22,26)(H3,21,23,27). The number of nitrogens with two attached hydrogens (primary N) is 1. The summed E-state index contributed by atoms with van der Waals surface area (Å²) in [6.45, 7) is 1.64. The van der Waals surface area contributed by atoms with Crippen molar-refractivity contribution in [3.63, 3.8) is 0 Å². The third-order valence-corrected chi connectivity index (χ3v) is 5.41. The summed E-state index contributed by atoms with van der Waals surface area (Å²) in [5.41, 5.74) is 6.73. The number of urea groups is 1. The number of carbonyl (C=O) groups excluding carboxylic acids is 3. The molecule has 0 radical (unpaired) electrons. The summed E-state index contributed by atoms with van der Waals surface area (Å²) in [6.07, 6.45) is 2.12. The molecule has 0 unspecified atom stereocenters. The van der Waals surface area contributed by atoms with Crippen molar-refractivity contribution in [2.75, 3.05) is 29.5 Å². The van der Waals surface area contributed by atoms with Crippen LogP contribution in [0, 0.1) is 0 Å². The van der Waals surface area contributed by atoms with E-state index in [2.05, 4.69) is 10.6 Å². The van der Waals surface area contributed by atoms with Gasteiger partial charge in [-0.25, -0.2) is 4.79 Å². The normalized spacial score (nSPS) is 13.2. The Balaban J connectivity index is 1.63. The van der Waals surface area contributed by atoms with Gasteiger partial charge in [-0.15, -0.1) is 11.8 Å². The summed E-state index contributed by atoms with van der Waals surface area (Å²) in [6, 6.07) is 13.2. The Labute approximate surface area is 167 Å². The molecule has 8 heteroatoms. The molecule has 4 amide bonds. The summed E-state index contributed by atoms with van der Waals surface area (Å²) in [4.78, 5) is 38.4. The van der Waals surface area contributed by atoms with Crippen LogP contribution >= 0.6 is 11.8 Å². The lowest BCUT2D eigenvalue weighted by atomic mass is 10.2. The van der Waals surface area contributed by atoms with Crippen molar-refractivity contribution in [3.05, 3.63) is 54.1 Å². The van der Waals surface area contributed by atoms with Crippen molar-refractivity contribution in [1.29, 1.82) is 0 Å². The Kier molecular flexibility index (Phi) is 6.54. The van der Waals surface area contributed by atoms with Gasteiger partial charge in [0.15, 0.2) is 0 Å². The second kappa shape index (κ2) is 9.27. The lowest BCUT2D eigenvalue weighted by Crippen LogP contribution is -2.29. The van der Waals surface area contributed by atoms with Crippen molar-refractivity contribution in [2.45, 2.75) is 17.7 Å². The van der Waals surface area contributed by atoms with Gasteiger partial charge in [-0.3, -0.25) is 9.59 Å². The van der Waals surface area contributed by atoms with Crippen LogP contribution in [0.4, 0.5) is 16.2 Å². The molecule has 3 rings (SSSR count). The number of nitrogens with zero attached hydrogens (tertiary/aromatic N) is 1. The van der Waals surface area contributed by atoms with Crippen molar-refractivity contribution in [1.82, 2.24) is 4.90 Å². The van der Waals surface area contributed by atoms with E-state index < -0.39 is 6.03 Å². The molecule has 0 aliphatic carbocycles. The predicted octanol–water partition coefficient (Wildman–Crippen LogP) is 3.14. The fourth-order valence-corrected chi connectivity index (χ4v) is 3.91. The second-order valence-electron chi connectivity index (χ2n) is 6.39. The molecule has 0 atom stereocenters. The van der Waals surface area contributed by atoms with Crippen molar-refractivity contribution < 1.29 is 14.4 Å². The molecule has 2 aromatic rings. The van der Waals surface area contributed by atoms with E-state index in [-0.39, 0.29) is 11.8 Å². The zero-order valence-electron chi connectivity index (χ0n) is 15.3. The zero-order chi connectivity index (χ0) is 19.9. The van der Waals surface area contributed by atoms with E-state index in [0.717, 1.165) is 30.8 Å². The van der Waals surface area contributed by atoms with Gasteiger partial charge in [0.25, 0.3) is 5.91 Å². The van der Waals surface area contributed by atoms with Crippen molar-refractivity contribution in [3.8, 4) is 0 Å². The van der Waals surface area contributed by atoms with Gasteiger partial charge in [-0.05, 0) is 49.2 Å². The molecule has 0 aromatic heterocycles. The number of thioether (sulfide) groups is 1. The number of rotatable bonds is 6. The van der Waals surface area contributed by atoms with Gasteiger partial charge in [0.05, 0.1) is 11.3 Å². The highest BCUT2D eigenvalue weighted by Gasteiger charge is 2.19. The molecule has 4 N–H and O–H groups in total. The first kappa shape index (κ1) is 19.8. The highest BCUT2D eigenvalue weighted by atomic mass is 32.2. The number of nitrogens with one attached hydrogen (secondary N) is 2. The highest BCUT2D eigenvalue weighted by Crippen LogP contribution is 2.25. The molecule has 7 nitrogen and oxygen atoms in total. The van der Waals surface area contributed by atoms with Gasteiger partial charge in [-0.2, -0.15) is 0 Å². The van der Waals surface area contributed by atoms with Crippen LogP contribution in [-0.2, 0) is 4.79 Å². The second-order valence-corrected chi connectivity index (χ2v) is 7.41. The van der Waals surface area contributed by atoms with Crippen LogP contribution in [0.3, 0.4) is 0 Å². The van der Waals surface area contributed by atoms with E-state index in [1.807, 2.05) is 17.0 Å². The average molecular weight is 398 g/mol. The summed E-state index contributed by atoms with van der Waals surface area (Å²) >= 11 is 1.38. The molecule has 1 heterocycles. The number of anilines is 2. The highest BCUT2D eigenvalue weighted by molar-refractivity contribution is 8.00. The lowest BCUT2D eigenvalue weighted by molar-refractivity contribution is -0.127. The maximum atomic E-state index is 12.7. The molecule has 146 valence electrons. The Morgan fingerprint density at radius 2 is 1.54 bits per heavy atom. The van der Waals surface area contributed by atoms with Gasteiger partial charge in [-0.1, -0.05) is 12.1 Å². The number of carbonyl (C=O) groups is 3. The Morgan fingerprint density at radius 3 is 2.18 bits per heavy atom. The largest absolute Gasteiger partial charge is 0.351 e. The predicted molar refractivity (Wildman–Crippen MR) is 111 cm³/mol. The summed E-state index contributed by atoms with van der Waals surface area (Å²) in [7, 11) is 0. The third kappa shape index (κ3) is 5.26. The number of primary amides is 1. The number of benzene rings is 2.